The van der Waals surface area contributed by atoms with Crippen LogP contribution in [0.25, 0.3) is 11.1 Å². The van der Waals surface area contributed by atoms with E-state index in [9.17, 15) is 4.79 Å². The lowest BCUT2D eigenvalue weighted by molar-refractivity contribution is -0.0430. The van der Waals surface area contributed by atoms with Crippen molar-refractivity contribution in [2.24, 2.45) is 17.3 Å². The summed E-state index contributed by atoms with van der Waals surface area (Å²) in [6.07, 6.45) is 4.93. The zero-order valence-corrected chi connectivity index (χ0v) is 26.2. The number of rotatable bonds is 9. The Kier molecular flexibility index (Phi) is 10.7. The fourth-order valence-corrected chi connectivity index (χ4v) is 4.66. The number of aromatic nitrogens is 1. The Bertz CT molecular complexity index is 1260. The number of ether oxygens (including phenoxy) is 1. The molecule has 0 bridgehead atoms. The molecule has 3 aromatic rings. The maximum atomic E-state index is 12.7. The topological polar surface area (TPSA) is 51.2 Å². The number of aryl methyl sites for hydroxylation is 2. The molecule has 4 nitrogen and oxygen atoms in total. The molecule has 40 heavy (non-hydrogen) atoms. The fourth-order valence-electron chi connectivity index (χ4n) is 4.66. The average molecular weight is 543 g/mol. The molecule has 1 atom stereocenters. The summed E-state index contributed by atoms with van der Waals surface area (Å²) in [7, 11) is 0. The molecule has 4 heteroatoms. The molecule has 1 aliphatic heterocycles. The lowest BCUT2D eigenvalue weighted by Crippen LogP contribution is -2.55. The molecule has 0 saturated carbocycles. The van der Waals surface area contributed by atoms with E-state index in [1.165, 1.54) is 23.1 Å². The van der Waals surface area contributed by atoms with Crippen molar-refractivity contribution >= 4 is 11.5 Å². The largest absolute Gasteiger partial charge is 0.376 e. The van der Waals surface area contributed by atoms with Gasteiger partial charge in [-0.25, -0.2) is 0 Å². The Morgan fingerprint density at radius 2 is 1.65 bits per heavy atom. The second-order valence-corrected chi connectivity index (χ2v) is 12.9. The molecule has 1 unspecified atom stereocenters. The van der Waals surface area contributed by atoms with Gasteiger partial charge in [-0.1, -0.05) is 109 Å². The molecule has 4 rings (SSSR count). The van der Waals surface area contributed by atoms with Gasteiger partial charge in [0, 0.05) is 17.7 Å². The van der Waals surface area contributed by atoms with E-state index in [2.05, 4.69) is 113 Å². The quantitative estimate of drug-likeness (QED) is 0.274. The minimum absolute atomic E-state index is 0.0628. The Balaban J connectivity index is 0.000000267. The minimum atomic E-state index is -0.0996. The molecular formula is C36H50N2O2. The van der Waals surface area contributed by atoms with E-state index in [1.807, 2.05) is 20.0 Å². The van der Waals surface area contributed by atoms with Gasteiger partial charge in [0.1, 0.15) is 5.69 Å². The van der Waals surface area contributed by atoms with Crippen LogP contribution in [-0.2, 0) is 17.6 Å². The van der Waals surface area contributed by atoms with E-state index in [4.69, 9.17) is 4.74 Å². The molecular weight excluding hydrogens is 492 g/mol. The number of benzene rings is 2. The first kappa shape index (κ1) is 31.5. The van der Waals surface area contributed by atoms with Gasteiger partial charge in [-0.05, 0) is 60.3 Å². The number of Topliss-reactive ketones (excluding diaryl/α,β-unsaturated/α-hetero) is 1. The van der Waals surface area contributed by atoms with Crippen LogP contribution in [0.4, 0.5) is 5.69 Å². The van der Waals surface area contributed by atoms with Crippen LogP contribution < -0.4 is 5.32 Å². The summed E-state index contributed by atoms with van der Waals surface area (Å²) in [5.41, 5.74) is 7.91. The molecule has 1 fully saturated rings. The van der Waals surface area contributed by atoms with Crippen LogP contribution in [0.2, 0.25) is 0 Å². The lowest BCUT2D eigenvalue weighted by atomic mass is 9.78. The summed E-state index contributed by atoms with van der Waals surface area (Å²) in [6, 6.07) is 19.4. The molecule has 0 radical (unpaired) electrons. The molecule has 0 spiro atoms. The highest BCUT2D eigenvalue weighted by atomic mass is 16.5. The van der Waals surface area contributed by atoms with Crippen molar-refractivity contribution in [3.8, 4) is 11.1 Å². The predicted molar refractivity (Wildman–Crippen MR) is 169 cm³/mol. The average Bonchev–Trinajstić information content (AvgIpc) is 2.90. The monoisotopic (exact) mass is 542 g/mol. The second-order valence-electron chi connectivity index (χ2n) is 12.9. The van der Waals surface area contributed by atoms with Crippen LogP contribution >= 0.6 is 0 Å². The van der Waals surface area contributed by atoms with Gasteiger partial charge in [0.15, 0.2) is 5.78 Å². The van der Waals surface area contributed by atoms with Gasteiger partial charge >= 0.3 is 0 Å². The molecule has 1 N–H and O–H groups in total. The summed E-state index contributed by atoms with van der Waals surface area (Å²) in [5.74, 6) is 0.699. The lowest BCUT2D eigenvalue weighted by Gasteiger charge is -2.42. The van der Waals surface area contributed by atoms with E-state index in [0.717, 1.165) is 35.6 Å². The van der Waals surface area contributed by atoms with Crippen molar-refractivity contribution in [2.45, 2.75) is 87.1 Å². The van der Waals surface area contributed by atoms with Gasteiger partial charge in [0.2, 0.25) is 0 Å². The van der Waals surface area contributed by atoms with Gasteiger partial charge in [-0.2, -0.15) is 0 Å². The molecule has 1 aromatic heterocycles. The van der Waals surface area contributed by atoms with Crippen LogP contribution in [0.5, 0.6) is 0 Å². The zero-order valence-electron chi connectivity index (χ0n) is 26.2. The Labute approximate surface area is 243 Å². The third-order valence-electron chi connectivity index (χ3n) is 8.25. The molecule has 0 amide bonds. The van der Waals surface area contributed by atoms with Gasteiger partial charge in [0.25, 0.3) is 0 Å². The van der Waals surface area contributed by atoms with E-state index in [1.54, 1.807) is 0 Å². The Hall–Kier alpha value is -2.98. The van der Waals surface area contributed by atoms with Crippen molar-refractivity contribution in [1.29, 1.82) is 0 Å². The van der Waals surface area contributed by atoms with Crippen LogP contribution in [0.3, 0.4) is 0 Å². The summed E-state index contributed by atoms with van der Waals surface area (Å²) in [5, 5.41) is 3.58. The highest BCUT2D eigenvalue weighted by Gasteiger charge is 2.37. The van der Waals surface area contributed by atoms with E-state index >= 15 is 0 Å². The Morgan fingerprint density at radius 3 is 2.20 bits per heavy atom. The van der Waals surface area contributed by atoms with Gasteiger partial charge < -0.3 is 10.1 Å². The standard InChI is InChI=1S/C22H28N2O2.C14H22/c1-5-16-8-7-9-17(10-16)18-11-19(24-22(6-2)13-26-14-22)20(23-12-18)21(25)15(3)4;1-11-7-6-8-13(9-11)10-12(2)14(3,4)5/h7-12,15,24H,5-6,13-14H2,1-4H3;6-9,12H,10H2,1-5H3. The number of nitrogens with zero attached hydrogens (tertiary/aromatic N) is 1. The first-order valence-electron chi connectivity index (χ1n) is 14.9. The fraction of sp³-hybridized carbons (Fsp3) is 0.500. The van der Waals surface area contributed by atoms with E-state index in [-0.39, 0.29) is 17.2 Å². The van der Waals surface area contributed by atoms with E-state index in [0.29, 0.717) is 24.3 Å². The molecule has 216 valence electrons. The first-order valence-corrected chi connectivity index (χ1v) is 14.9. The molecule has 0 aliphatic carbocycles. The number of nitrogens with one attached hydrogen (secondary N) is 1. The van der Waals surface area contributed by atoms with Crippen molar-refractivity contribution in [3.05, 3.63) is 83.2 Å². The number of pyridine rings is 1. The second kappa shape index (κ2) is 13.6. The number of ketones is 1. The first-order chi connectivity index (χ1) is 18.9. The predicted octanol–water partition coefficient (Wildman–Crippen LogP) is 8.96. The SMILES string of the molecule is CCc1cccc(-c2cnc(C(=O)C(C)C)c(NC3(CC)COC3)c2)c1.Cc1cccc(CC(C)C(C)(C)C)c1. The highest BCUT2D eigenvalue weighted by molar-refractivity contribution is 6.01. The van der Waals surface area contributed by atoms with Crippen LogP contribution in [0.15, 0.2) is 60.8 Å². The molecule has 1 saturated heterocycles. The maximum absolute atomic E-state index is 12.7. The summed E-state index contributed by atoms with van der Waals surface area (Å²) in [4.78, 5) is 17.2. The summed E-state index contributed by atoms with van der Waals surface area (Å²) < 4.78 is 5.43. The van der Waals surface area contributed by atoms with Crippen molar-refractivity contribution < 1.29 is 9.53 Å². The van der Waals surface area contributed by atoms with Crippen molar-refractivity contribution in [1.82, 2.24) is 4.98 Å². The van der Waals surface area contributed by atoms with E-state index < -0.39 is 0 Å². The normalized spacial score (nSPS) is 15.1. The minimum Gasteiger partial charge on any atom is -0.376 e. The van der Waals surface area contributed by atoms with Crippen LogP contribution in [-0.4, -0.2) is 29.5 Å². The number of anilines is 1. The molecule has 2 aromatic carbocycles. The number of hydrogen-bond donors (Lipinski definition) is 1. The Morgan fingerprint density at radius 1 is 0.975 bits per heavy atom. The number of carbonyl (C=O) groups excluding carboxylic acids is 1. The number of hydrogen-bond acceptors (Lipinski definition) is 4. The molecule has 1 aliphatic rings. The third kappa shape index (κ3) is 8.27. The van der Waals surface area contributed by atoms with Gasteiger partial charge in [-0.15, -0.1) is 0 Å². The maximum Gasteiger partial charge on any atom is 0.185 e. The van der Waals surface area contributed by atoms with Crippen LogP contribution in [0.1, 0.15) is 89.0 Å². The zero-order chi connectivity index (χ0) is 29.5. The summed E-state index contributed by atoms with van der Waals surface area (Å²) >= 11 is 0. The van der Waals surface area contributed by atoms with Gasteiger partial charge in [0.05, 0.1) is 24.4 Å². The van der Waals surface area contributed by atoms with Gasteiger partial charge in [-0.3, -0.25) is 9.78 Å². The smallest absolute Gasteiger partial charge is 0.185 e. The molecule has 2 heterocycles. The summed E-state index contributed by atoms with van der Waals surface area (Å²) in [6.45, 7) is 20.9. The van der Waals surface area contributed by atoms with Crippen molar-refractivity contribution in [3.63, 3.8) is 0 Å². The van der Waals surface area contributed by atoms with Crippen molar-refractivity contribution in [2.75, 3.05) is 18.5 Å². The third-order valence-corrected chi connectivity index (χ3v) is 8.25. The van der Waals surface area contributed by atoms with Crippen LogP contribution in [0, 0.1) is 24.2 Å². The highest BCUT2D eigenvalue weighted by Crippen LogP contribution is 2.32. The number of carbonyl (C=O) groups is 1.